The summed E-state index contributed by atoms with van der Waals surface area (Å²) >= 11 is 0. The van der Waals surface area contributed by atoms with Gasteiger partial charge in [0.1, 0.15) is 5.75 Å². The van der Waals surface area contributed by atoms with Crippen LogP contribution < -0.4 is 20.3 Å². The smallest absolute Gasteiger partial charge is 0.262 e. The lowest BCUT2D eigenvalue weighted by Gasteiger charge is -2.35. The van der Waals surface area contributed by atoms with Crippen LogP contribution >= 0.6 is 0 Å². The monoisotopic (exact) mass is 277 g/mol. The third kappa shape index (κ3) is 3.20. The first-order chi connectivity index (χ1) is 9.61. The van der Waals surface area contributed by atoms with Gasteiger partial charge in [0.15, 0.2) is 6.10 Å². The maximum absolute atomic E-state index is 11.8. The van der Waals surface area contributed by atoms with Crippen molar-refractivity contribution in [2.75, 3.05) is 31.6 Å². The van der Waals surface area contributed by atoms with Crippen LogP contribution in [-0.2, 0) is 9.59 Å². The summed E-state index contributed by atoms with van der Waals surface area (Å²) in [6.07, 6.45) is -0.535. The molecule has 0 fully saturated rings. The summed E-state index contributed by atoms with van der Waals surface area (Å²) in [6.45, 7) is 3.12. The number of anilines is 1. The van der Waals surface area contributed by atoms with Gasteiger partial charge in [-0.05, 0) is 12.1 Å². The van der Waals surface area contributed by atoms with E-state index in [4.69, 9.17) is 4.74 Å². The fourth-order valence-corrected chi connectivity index (χ4v) is 2.18. The van der Waals surface area contributed by atoms with Crippen molar-refractivity contribution in [3.63, 3.8) is 0 Å². The fourth-order valence-electron chi connectivity index (χ4n) is 2.18. The number of benzene rings is 1. The van der Waals surface area contributed by atoms with Gasteiger partial charge in [-0.15, -0.1) is 0 Å². The Labute approximate surface area is 118 Å². The number of amides is 2. The molecule has 1 heterocycles. The van der Waals surface area contributed by atoms with Crippen molar-refractivity contribution < 1.29 is 14.3 Å². The van der Waals surface area contributed by atoms with Crippen LogP contribution in [0.2, 0.25) is 0 Å². The lowest BCUT2D eigenvalue weighted by Crippen LogP contribution is -2.49. The first-order valence-electron chi connectivity index (χ1n) is 6.58. The zero-order valence-electron chi connectivity index (χ0n) is 11.7. The van der Waals surface area contributed by atoms with Gasteiger partial charge in [0, 0.05) is 27.1 Å². The number of likely N-dealkylation sites (N-methyl/N-ethyl adjacent to an activating group) is 1. The third-order valence-corrected chi connectivity index (χ3v) is 3.16. The molecule has 2 N–H and O–H groups in total. The highest BCUT2D eigenvalue weighted by Gasteiger charge is 2.29. The molecule has 1 aromatic carbocycles. The van der Waals surface area contributed by atoms with E-state index in [2.05, 4.69) is 15.5 Å². The van der Waals surface area contributed by atoms with Crippen LogP contribution in [0.4, 0.5) is 5.69 Å². The number of carbonyl (C=O) groups excluding carboxylic acids is 2. The molecular weight excluding hydrogens is 258 g/mol. The maximum atomic E-state index is 11.8. The molecule has 0 saturated carbocycles. The van der Waals surface area contributed by atoms with Crippen molar-refractivity contribution in [3.05, 3.63) is 24.3 Å². The normalized spacial score (nSPS) is 16.9. The van der Waals surface area contributed by atoms with Crippen LogP contribution in [0.25, 0.3) is 0 Å². The molecule has 6 nitrogen and oxygen atoms in total. The molecule has 0 bridgehead atoms. The Balaban J connectivity index is 2.12. The number of nitrogens with zero attached hydrogens (tertiary/aromatic N) is 1. The van der Waals surface area contributed by atoms with Gasteiger partial charge in [0.25, 0.3) is 5.91 Å². The predicted octanol–water partition coefficient (Wildman–Crippen LogP) is 0.136. The molecule has 0 saturated heterocycles. The summed E-state index contributed by atoms with van der Waals surface area (Å²) in [5, 5.41) is 5.36. The van der Waals surface area contributed by atoms with Crippen LogP contribution in [0.15, 0.2) is 24.3 Å². The Kier molecular flexibility index (Phi) is 4.45. The molecule has 0 unspecified atom stereocenters. The number of ether oxygens (including phenoxy) is 1. The molecule has 2 rings (SSSR count). The zero-order valence-corrected chi connectivity index (χ0v) is 11.7. The summed E-state index contributed by atoms with van der Waals surface area (Å²) in [6, 6.07) is 7.59. The molecule has 108 valence electrons. The molecule has 0 spiro atoms. The van der Waals surface area contributed by atoms with Gasteiger partial charge in [-0.25, -0.2) is 0 Å². The van der Waals surface area contributed by atoms with E-state index < -0.39 is 6.10 Å². The van der Waals surface area contributed by atoms with Gasteiger partial charge in [-0.1, -0.05) is 12.1 Å². The number of fused-ring (bicyclic) bond motifs is 1. The Morgan fingerprint density at radius 3 is 2.85 bits per heavy atom. The summed E-state index contributed by atoms with van der Waals surface area (Å²) in [7, 11) is 1.59. The Hall–Kier alpha value is -2.24. The number of hydrogen-bond acceptors (Lipinski definition) is 4. The predicted molar refractivity (Wildman–Crippen MR) is 75.8 cm³/mol. The van der Waals surface area contributed by atoms with E-state index in [1.807, 2.05) is 24.3 Å². The molecule has 1 aromatic rings. The highest BCUT2D eigenvalue weighted by molar-refractivity contribution is 5.83. The summed E-state index contributed by atoms with van der Waals surface area (Å²) in [4.78, 5) is 24.8. The highest BCUT2D eigenvalue weighted by atomic mass is 16.5. The van der Waals surface area contributed by atoms with E-state index in [9.17, 15) is 9.59 Å². The first-order valence-corrected chi connectivity index (χ1v) is 6.58. The van der Waals surface area contributed by atoms with Crippen LogP contribution in [0.3, 0.4) is 0 Å². The van der Waals surface area contributed by atoms with E-state index in [-0.39, 0.29) is 11.8 Å². The van der Waals surface area contributed by atoms with Gasteiger partial charge in [0.05, 0.1) is 12.2 Å². The van der Waals surface area contributed by atoms with Crippen LogP contribution in [0, 0.1) is 0 Å². The van der Waals surface area contributed by atoms with E-state index in [1.54, 1.807) is 7.05 Å². The van der Waals surface area contributed by atoms with Crippen molar-refractivity contribution in [3.8, 4) is 5.75 Å². The van der Waals surface area contributed by atoms with Crippen LogP contribution in [0.1, 0.15) is 6.92 Å². The number of nitrogens with one attached hydrogen (secondary N) is 2. The van der Waals surface area contributed by atoms with Crippen molar-refractivity contribution in [2.24, 2.45) is 0 Å². The van der Waals surface area contributed by atoms with Crippen molar-refractivity contribution in [1.82, 2.24) is 10.6 Å². The van der Waals surface area contributed by atoms with Crippen molar-refractivity contribution >= 4 is 17.5 Å². The first kappa shape index (κ1) is 14.2. The highest BCUT2D eigenvalue weighted by Crippen LogP contribution is 2.32. The number of carbonyl (C=O) groups is 2. The Bertz CT molecular complexity index is 504. The van der Waals surface area contributed by atoms with Gasteiger partial charge >= 0.3 is 0 Å². The maximum Gasteiger partial charge on any atom is 0.262 e. The second-order valence-corrected chi connectivity index (χ2v) is 4.62. The fraction of sp³-hybridized carbons (Fsp3) is 0.429. The van der Waals surface area contributed by atoms with E-state index in [0.717, 1.165) is 5.69 Å². The lowest BCUT2D eigenvalue weighted by atomic mass is 10.1. The van der Waals surface area contributed by atoms with E-state index in [1.165, 1.54) is 6.92 Å². The molecular formula is C14H19N3O3. The second kappa shape index (κ2) is 6.27. The minimum absolute atomic E-state index is 0.0607. The van der Waals surface area contributed by atoms with E-state index in [0.29, 0.717) is 25.4 Å². The number of para-hydroxylation sites is 2. The molecule has 6 heteroatoms. The van der Waals surface area contributed by atoms with Gasteiger partial charge in [0.2, 0.25) is 5.91 Å². The zero-order chi connectivity index (χ0) is 14.5. The minimum atomic E-state index is -0.535. The molecule has 1 atom stereocenters. The Morgan fingerprint density at radius 1 is 1.40 bits per heavy atom. The van der Waals surface area contributed by atoms with Crippen LogP contribution in [-0.4, -0.2) is 44.6 Å². The second-order valence-electron chi connectivity index (χ2n) is 4.62. The topological polar surface area (TPSA) is 70.7 Å². The molecule has 20 heavy (non-hydrogen) atoms. The van der Waals surface area contributed by atoms with Gasteiger partial charge in [-0.2, -0.15) is 0 Å². The average Bonchev–Trinajstić information content (AvgIpc) is 2.45. The average molecular weight is 277 g/mol. The summed E-state index contributed by atoms with van der Waals surface area (Å²) in [5.74, 6) is 0.480. The molecule has 1 aliphatic heterocycles. The molecule has 2 amide bonds. The summed E-state index contributed by atoms with van der Waals surface area (Å²) < 4.78 is 5.70. The van der Waals surface area contributed by atoms with Gasteiger partial charge < -0.3 is 20.3 Å². The standard InChI is InChI=1S/C14H19N3O3/c1-10(18)16-7-8-17-9-13(14(19)15-2)20-12-6-4-3-5-11(12)17/h3-6,13H,7-9H2,1-2H3,(H,15,19)(H,16,18)/t13-/m1/s1. The molecule has 0 aromatic heterocycles. The minimum Gasteiger partial charge on any atom is -0.477 e. The molecule has 0 aliphatic carbocycles. The van der Waals surface area contributed by atoms with E-state index >= 15 is 0 Å². The molecule has 0 radical (unpaired) electrons. The Morgan fingerprint density at radius 2 is 2.15 bits per heavy atom. The number of hydrogen-bond donors (Lipinski definition) is 2. The SMILES string of the molecule is CNC(=O)[C@H]1CN(CCNC(C)=O)c2ccccc2O1. The van der Waals surface area contributed by atoms with Gasteiger partial charge in [-0.3, -0.25) is 9.59 Å². The number of rotatable bonds is 4. The molecule has 1 aliphatic rings. The largest absolute Gasteiger partial charge is 0.477 e. The van der Waals surface area contributed by atoms with Crippen molar-refractivity contribution in [1.29, 1.82) is 0 Å². The summed E-state index contributed by atoms with van der Waals surface area (Å²) in [5.41, 5.74) is 0.943. The van der Waals surface area contributed by atoms with Crippen molar-refractivity contribution in [2.45, 2.75) is 13.0 Å². The third-order valence-electron chi connectivity index (χ3n) is 3.16. The van der Waals surface area contributed by atoms with Crippen LogP contribution in [0.5, 0.6) is 5.75 Å². The quantitative estimate of drug-likeness (QED) is 0.821. The lowest BCUT2D eigenvalue weighted by molar-refractivity contribution is -0.127.